The van der Waals surface area contributed by atoms with Crippen LogP contribution in [0.4, 0.5) is 11.6 Å². The van der Waals surface area contributed by atoms with Crippen LogP contribution in [0.15, 0.2) is 6.07 Å². The van der Waals surface area contributed by atoms with Gasteiger partial charge in [-0.15, -0.1) is 0 Å². The lowest BCUT2D eigenvalue weighted by atomic mass is 10.2. The van der Waals surface area contributed by atoms with Crippen molar-refractivity contribution in [3.8, 4) is 0 Å². The fraction of sp³-hybridized carbons (Fsp3) is 0.714. The van der Waals surface area contributed by atoms with Gasteiger partial charge in [0.25, 0.3) is 0 Å². The van der Waals surface area contributed by atoms with Gasteiger partial charge in [-0.1, -0.05) is 13.3 Å². The van der Waals surface area contributed by atoms with E-state index in [0.717, 1.165) is 25.2 Å². The zero-order valence-electron chi connectivity index (χ0n) is 13.0. The van der Waals surface area contributed by atoms with Crippen LogP contribution in [0, 0.1) is 6.92 Å². The zero-order valence-corrected chi connectivity index (χ0v) is 13.8. The van der Waals surface area contributed by atoms with E-state index in [1.54, 1.807) is 0 Å². The Bertz CT molecular complexity index is 589. The van der Waals surface area contributed by atoms with Crippen LogP contribution in [-0.2, 0) is 9.84 Å². The van der Waals surface area contributed by atoms with Crippen molar-refractivity contribution >= 4 is 21.5 Å². The molecule has 0 aliphatic carbocycles. The van der Waals surface area contributed by atoms with E-state index in [9.17, 15) is 8.42 Å². The minimum atomic E-state index is -2.88. The van der Waals surface area contributed by atoms with Gasteiger partial charge in [-0.05, 0) is 19.8 Å². The molecule has 6 nitrogen and oxygen atoms in total. The van der Waals surface area contributed by atoms with Crippen molar-refractivity contribution in [1.82, 2.24) is 9.97 Å². The normalized spacial score (nSPS) is 20.4. The summed E-state index contributed by atoms with van der Waals surface area (Å²) in [5.74, 6) is 2.73. The van der Waals surface area contributed by atoms with Gasteiger partial charge >= 0.3 is 0 Å². The average molecular weight is 312 g/mol. The topological polar surface area (TPSA) is 75.2 Å². The molecule has 7 heteroatoms. The van der Waals surface area contributed by atoms with Crippen LogP contribution in [0.25, 0.3) is 0 Å². The number of rotatable bonds is 6. The summed E-state index contributed by atoms with van der Waals surface area (Å²) in [4.78, 5) is 10.9. The lowest BCUT2D eigenvalue weighted by Gasteiger charge is -2.20. The first-order valence-corrected chi connectivity index (χ1v) is 9.25. The second kappa shape index (κ2) is 6.60. The highest BCUT2D eigenvalue weighted by atomic mass is 32.2. The molecule has 1 saturated heterocycles. The molecule has 0 bridgehead atoms. The summed E-state index contributed by atoms with van der Waals surface area (Å²) in [6.45, 7) is 4.96. The van der Waals surface area contributed by atoms with Crippen molar-refractivity contribution in [2.45, 2.75) is 39.2 Å². The molecule has 0 radical (unpaired) electrons. The molecule has 0 saturated carbocycles. The van der Waals surface area contributed by atoms with Crippen molar-refractivity contribution in [3.05, 3.63) is 11.9 Å². The molecule has 118 valence electrons. The van der Waals surface area contributed by atoms with Crippen LogP contribution in [-0.4, -0.2) is 49.5 Å². The van der Waals surface area contributed by atoms with E-state index in [1.807, 2.05) is 20.0 Å². The van der Waals surface area contributed by atoms with Crippen LogP contribution < -0.4 is 10.2 Å². The number of hydrogen-bond donors (Lipinski definition) is 1. The molecular formula is C14H24N4O2S. The van der Waals surface area contributed by atoms with E-state index in [2.05, 4.69) is 27.1 Å². The molecule has 0 amide bonds. The quantitative estimate of drug-likeness (QED) is 0.860. The number of aromatic nitrogens is 2. The van der Waals surface area contributed by atoms with Crippen molar-refractivity contribution < 1.29 is 8.42 Å². The van der Waals surface area contributed by atoms with Crippen LogP contribution in [0.2, 0.25) is 0 Å². The number of sulfone groups is 1. The number of anilines is 2. The molecule has 21 heavy (non-hydrogen) atoms. The largest absolute Gasteiger partial charge is 0.366 e. The number of unbranched alkanes of at least 4 members (excludes halogenated alkanes) is 1. The van der Waals surface area contributed by atoms with Gasteiger partial charge in [0, 0.05) is 25.7 Å². The van der Waals surface area contributed by atoms with E-state index < -0.39 is 9.84 Å². The summed E-state index contributed by atoms with van der Waals surface area (Å²) < 4.78 is 23.0. The van der Waals surface area contributed by atoms with Gasteiger partial charge in [-0.3, -0.25) is 0 Å². The maximum Gasteiger partial charge on any atom is 0.152 e. The van der Waals surface area contributed by atoms with Gasteiger partial charge in [0.05, 0.1) is 11.5 Å². The maximum atomic E-state index is 11.5. The van der Waals surface area contributed by atoms with Crippen molar-refractivity contribution in [1.29, 1.82) is 0 Å². The molecule has 1 aliphatic heterocycles. The first-order chi connectivity index (χ1) is 9.89. The minimum Gasteiger partial charge on any atom is -0.366 e. The summed E-state index contributed by atoms with van der Waals surface area (Å²) >= 11 is 0. The molecule has 1 atom stereocenters. The van der Waals surface area contributed by atoms with Crippen LogP contribution >= 0.6 is 0 Å². The van der Waals surface area contributed by atoms with E-state index in [0.29, 0.717) is 18.1 Å². The van der Waals surface area contributed by atoms with E-state index in [-0.39, 0.29) is 17.5 Å². The fourth-order valence-electron chi connectivity index (χ4n) is 2.45. The smallest absolute Gasteiger partial charge is 0.152 e. The highest BCUT2D eigenvalue weighted by molar-refractivity contribution is 7.91. The Kier molecular flexibility index (Phi) is 5.03. The predicted molar refractivity (Wildman–Crippen MR) is 85.6 cm³/mol. The highest BCUT2D eigenvalue weighted by Crippen LogP contribution is 2.19. The molecule has 1 aromatic rings. The van der Waals surface area contributed by atoms with Crippen LogP contribution in [0.5, 0.6) is 0 Å². The third kappa shape index (κ3) is 4.56. The van der Waals surface area contributed by atoms with Gasteiger partial charge < -0.3 is 10.2 Å². The lowest BCUT2D eigenvalue weighted by molar-refractivity contribution is 0.602. The Balaban J connectivity index is 2.08. The van der Waals surface area contributed by atoms with Gasteiger partial charge in [0.2, 0.25) is 0 Å². The molecule has 1 fully saturated rings. The molecular weight excluding hydrogens is 288 g/mol. The lowest BCUT2D eigenvalue weighted by Crippen LogP contribution is -2.23. The van der Waals surface area contributed by atoms with Gasteiger partial charge in [0.15, 0.2) is 9.84 Å². The molecule has 2 rings (SSSR count). The monoisotopic (exact) mass is 312 g/mol. The Hall–Kier alpha value is -1.37. The molecule has 1 N–H and O–H groups in total. The molecule has 1 unspecified atom stereocenters. The standard InChI is InChI=1S/C14H24N4O2S/c1-4-5-7-18(3)14-9-13(15-11(2)16-14)17-12-6-8-21(19,20)10-12/h9,12H,4-8,10H2,1-3H3,(H,15,16,17). The maximum absolute atomic E-state index is 11.5. The van der Waals surface area contributed by atoms with Gasteiger partial charge in [0.1, 0.15) is 17.5 Å². The Morgan fingerprint density at radius 1 is 1.43 bits per heavy atom. The summed E-state index contributed by atoms with van der Waals surface area (Å²) in [5.41, 5.74) is 0. The molecule has 2 heterocycles. The van der Waals surface area contributed by atoms with Crippen LogP contribution in [0.3, 0.4) is 0 Å². The van der Waals surface area contributed by atoms with E-state index in [4.69, 9.17) is 0 Å². The second-order valence-corrected chi connectivity index (χ2v) is 7.91. The van der Waals surface area contributed by atoms with Crippen molar-refractivity contribution in [2.75, 3.05) is 35.3 Å². The summed E-state index contributed by atoms with van der Waals surface area (Å²) in [6, 6.07) is 1.85. The molecule has 1 aliphatic rings. The molecule has 0 spiro atoms. The number of hydrogen-bond acceptors (Lipinski definition) is 6. The first kappa shape index (κ1) is 16.0. The van der Waals surface area contributed by atoms with Crippen molar-refractivity contribution in [2.24, 2.45) is 0 Å². The minimum absolute atomic E-state index is 0.0434. The third-order valence-electron chi connectivity index (χ3n) is 3.65. The first-order valence-electron chi connectivity index (χ1n) is 7.43. The second-order valence-electron chi connectivity index (χ2n) is 5.68. The average Bonchev–Trinajstić information content (AvgIpc) is 2.74. The van der Waals surface area contributed by atoms with E-state index in [1.165, 1.54) is 0 Å². The summed E-state index contributed by atoms with van der Waals surface area (Å²) in [5, 5.41) is 3.23. The Morgan fingerprint density at radius 2 is 2.19 bits per heavy atom. The third-order valence-corrected chi connectivity index (χ3v) is 5.41. The van der Waals surface area contributed by atoms with Gasteiger partial charge in [-0.2, -0.15) is 0 Å². The summed E-state index contributed by atoms with van der Waals surface area (Å²) in [7, 11) is -0.865. The summed E-state index contributed by atoms with van der Waals surface area (Å²) in [6.07, 6.45) is 2.90. The molecule has 0 aromatic carbocycles. The van der Waals surface area contributed by atoms with Crippen LogP contribution in [0.1, 0.15) is 32.0 Å². The number of nitrogens with one attached hydrogen (secondary N) is 1. The van der Waals surface area contributed by atoms with E-state index >= 15 is 0 Å². The molecule has 1 aromatic heterocycles. The van der Waals surface area contributed by atoms with Gasteiger partial charge in [-0.25, -0.2) is 18.4 Å². The van der Waals surface area contributed by atoms with Crippen molar-refractivity contribution in [3.63, 3.8) is 0 Å². The number of nitrogens with zero attached hydrogens (tertiary/aromatic N) is 3. The predicted octanol–water partition coefficient (Wildman–Crippen LogP) is 1.62. The highest BCUT2D eigenvalue weighted by Gasteiger charge is 2.28. The Morgan fingerprint density at radius 3 is 2.81 bits per heavy atom. The Labute approximate surface area is 126 Å². The number of aryl methyl sites for hydroxylation is 1. The zero-order chi connectivity index (χ0) is 15.5. The fourth-order valence-corrected chi connectivity index (χ4v) is 4.12. The SMILES string of the molecule is CCCCN(C)c1cc(NC2CCS(=O)(=O)C2)nc(C)n1.